The van der Waals surface area contributed by atoms with Crippen LogP contribution in [0.5, 0.6) is 0 Å². The third kappa shape index (κ3) is 2.51. The lowest BCUT2D eigenvalue weighted by Gasteiger charge is -2.41. The number of rotatable bonds is 2. The number of hydrogen-bond acceptors (Lipinski definition) is 0. The van der Waals surface area contributed by atoms with E-state index in [9.17, 15) is 0 Å². The monoisotopic (exact) mass is 384 g/mol. The number of halogens is 1. The van der Waals surface area contributed by atoms with E-state index in [-0.39, 0.29) is 5.41 Å². The summed E-state index contributed by atoms with van der Waals surface area (Å²) in [4.78, 5) is 0. The number of allylic oxidation sites excluding steroid dienone is 1. The van der Waals surface area contributed by atoms with Gasteiger partial charge in [-0.05, 0) is 76.8 Å². The summed E-state index contributed by atoms with van der Waals surface area (Å²) >= 11 is 6.11. The van der Waals surface area contributed by atoms with Crippen LogP contribution in [0.15, 0.2) is 78.9 Å². The van der Waals surface area contributed by atoms with Crippen LogP contribution in [0, 0.1) is 5.92 Å². The fourth-order valence-electron chi connectivity index (χ4n) is 5.41. The third-order valence-corrected chi connectivity index (χ3v) is 7.23. The van der Waals surface area contributed by atoms with E-state index in [2.05, 4.69) is 68.1 Å². The fraction of sp³-hybridized carbons (Fsp3) is 0.259. The predicted octanol–water partition coefficient (Wildman–Crippen LogP) is 8.04. The van der Waals surface area contributed by atoms with Gasteiger partial charge in [-0.1, -0.05) is 85.6 Å². The topological polar surface area (TPSA) is 0 Å². The Kier molecular flexibility index (Phi) is 4.21. The van der Waals surface area contributed by atoms with E-state index in [0.717, 1.165) is 17.4 Å². The van der Waals surface area contributed by atoms with Gasteiger partial charge in [0, 0.05) is 10.4 Å². The molecule has 0 saturated heterocycles. The lowest BCUT2D eigenvalue weighted by atomic mass is 9.62. The van der Waals surface area contributed by atoms with E-state index < -0.39 is 0 Å². The van der Waals surface area contributed by atoms with E-state index in [4.69, 9.17) is 11.6 Å². The zero-order valence-electron chi connectivity index (χ0n) is 16.3. The van der Waals surface area contributed by atoms with Crippen molar-refractivity contribution in [3.05, 3.63) is 95.0 Å². The number of fused-ring (bicyclic) bond motifs is 5. The van der Waals surface area contributed by atoms with Crippen LogP contribution in [0.1, 0.15) is 43.7 Å². The Hall–Kier alpha value is -2.31. The highest BCUT2D eigenvalue weighted by Crippen LogP contribution is 2.59. The molecule has 2 aliphatic rings. The molecular formula is C27H25Cl. The van der Waals surface area contributed by atoms with Gasteiger partial charge < -0.3 is 0 Å². The number of benzene rings is 3. The minimum Gasteiger partial charge on any atom is -0.0986 e. The van der Waals surface area contributed by atoms with Crippen LogP contribution >= 0.6 is 11.6 Å². The van der Waals surface area contributed by atoms with Gasteiger partial charge in [0.25, 0.3) is 0 Å². The first kappa shape index (κ1) is 17.8. The molecule has 0 bridgehead atoms. The Morgan fingerprint density at radius 3 is 2.39 bits per heavy atom. The molecule has 2 unspecified atom stereocenters. The van der Waals surface area contributed by atoms with E-state index in [1.807, 2.05) is 12.1 Å². The molecule has 3 aromatic carbocycles. The second kappa shape index (κ2) is 6.64. The molecule has 0 aromatic heterocycles. The molecule has 1 fully saturated rings. The van der Waals surface area contributed by atoms with E-state index in [1.54, 1.807) is 0 Å². The van der Waals surface area contributed by atoms with Crippen LogP contribution in [0.4, 0.5) is 0 Å². The minimum absolute atomic E-state index is 0.0277. The van der Waals surface area contributed by atoms with Crippen molar-refractivity contribution >= 4 is 11.6 Å². The Bertz CT molecular complexity index is 1060. The van der Waals surface area contributed by atoms with Crippen LogP contribution in [0.2, 0.25) is 5.02 Å². The molecular weight excluding hydrogens is 360 g/mol. The summed E-state index contributed by atoms with van der Waals surface area (Å²) in [7, 11) is 0. The molecule has 1 saturated carbocycles. The van der Waals surface area contributed by atoms with Gasteiger partial charge in [0.1, 0.15) is 0 Å². The summed E-state index contributed by atoms with van der Waals surface area (Å²) in [6.07, 6.45) is 4.82. The second-order valence-corrected chi connectivity index (χ2v) is 8.78. The maximum atomic E-state index is 6.11. The van der Waals surface area contributed by atoms with Crippen molar-refractivity contribution in [3.8, 4) is 22.3 Å². The smallest absolute Gasteiger partial charge is 0.0421 e. The normalized spacial score (nSPS) is 22.9. The zero-order chi connectivity index (χ0) is 19.3. The Morgan fingerprint density at radius 2 is 1.64 bits per heavy atom. The molecule has 0 radical (unpaired) electrons. The van der Waals surface area contributed by atoms with Gasteiger partial charge >= 0.3 is 0 Å². The Balaban J connectivity index is 1.70. The van der Waals surface area contributed by atoms with Crippen LogP contribution in [-0.2, 0) is 5.41 Å². The van der Waals surface area contributed by atoms with Gasteiger partial charge in [-0.15, -0.1) is 0 Å². The SMILES string of the molecule is C=C1CC(CC)CCC12c1ccccc1-c1ccc(-c3ccc(Cl)cc3)cc12. The van der Waals surface area contributed by atoms with E-state index in [1.165, 1.54) is 58.2 Å². The molecule has 5 rings (SSSR count). The zero-order valence-corrected chi connectivity index (χ0v) is 17.1. The molecule has 140 valence electrons. The maximum absolute atomic E-state index is 6.11. The third-order valence-electron chi connectivity index (χ3n) is 6.98. The highest BCUT2D eigenvalue weighted by molar-refractivity contribution is 6.30. The summed E-state index contributed by atoms with van der Waals surface area (Å²) in [5.41, 5.74) is 9.50. The molecule has 1 spiro atoms. The van der Waals surface area contributed by atoms with Crippen molar-refractivity contribution in [2.75, 3.05) is 0 Å². The van der Waals surface area contributed by atoms with Crippen molar-refractivity contribution in [3.63, 3.8) is 0 Å². The first-order valence-electron chi connectivity index (χ1n) is 10.3. The molecule has 0 N–H and O–H groups in total. The summed E-state index contributed by atoms with van der Waals surface area (Å²) in [6.45, 7) is 6.95. The quantitative estimate of drug-likeness (QED) is 0.392. The maximum Gasteiger partial charge on any atom is 0.0421 e. The van der Waals surface area contributed by atoms with E-state index >= 15 is 0 Å². The number of hydrogen-bond donors (Lipinski definition) is 0. The lowest BCUT2D eigenvalue weighted by Crippen LogP contribution is -2.33. The molecule has 2 atom stereocenters. The van der Waals surface area contributed by atoms with Crippen LogP contribution in [0.25, 0.3) is 22.3 Å². The van der Waals surface area contributed by atoms with Gasteiger partial charge in [-0.2, -0.15) is 0 Å². The van der Waals surface area contributed by atoms with E-state index in [0.29, 0.717) is 0 Å². The Morgan fingerprint density at radius 1 is 0.929 bits per heavy atom. The van der Waals surface area contributed by atoms with Gasteiger partial charge in [-0.3, -0.25) is 0 Å². The molecule has 28 heavy (non-hydrogen) atoms. The van der Waals surface area contributed by atoms with Gasteiger partial charge in [0.05, 0.1) is 0 Å². The molecule has 0 heterocycles. The fourth-order valence-corrected chi connectivity index (χ4v) is 5.54. The van der Waals surface area contributed by atoms with Crippen LogP contribution in [0.3, 0.4) is 0 Å². The van der Waals surface area contributed by atoms with Crippen LogP contribution < -0.4 is 0 Å². The van der Waals surface area contributed by atoms with Crippen molar-refractivity contribution in [2.45, 2.75) is 38.0 Å². The summed E-state index contributed by atoms with van der Waals surface area (Å²) in [5.74, 6) is 0.772. The minimum atomic E-state index is -0.0277. The highest BCUT2D eigenvalue weighted by Gasteiger charge is 2.47. The summed E-state index contributed by atoms with van der Waals surface area (Å²) in [5, 5.41) is 0.778. The van der Waals surface area contributed by atoms with Crippen molar-refractivity contribution in [1.29, 1.82) is 0 Å². The first-order valence-corrected chi connectivity index (χ1v) is 10.7. The molecule has 0 amide bonds. The average Bonchev–Trinajstić information content (AvgIpc) is 3.01. The highest BCUT2D eigenvalue weighted by atomic mass is 35.5. The molecule has 1 heteroatoms. The van der Waals surface area contributed by atoms with Crippen molar-refractivity contribution in [1.82, 2.24) is 0 Å². The molecule has 3 aromatic rings. The first-order chi connectivity index (χ1) is 13.6. The van der Waals surface area contributed by atoms with Gasteiger partial charge in [0.2, 0.25) is 0 Å². The summed E-state index contributed by atoms with van der Waals surface area (Å²) < 4.78 is 0. The standard InChI is InChI=1S/C27H25Cl/c1-3-19-14-15-27(18(2)16-19)25-7-5-4-6-23(25)24-13-10-21(17-26(24)27)20-8-11-22(28)12-9-20/h4-13,17,19H,2-3,14-16H2,1H3. The average molecular weight is 385 g/mol. The predicted molar refractivity (Wildman–Crippen MR) is 120 cm³/mol. The molecule has 0 aliphatic heterocycles. The van der Waals surface area contributed by atoms with Crippen molar-refractivity contribution in [2.24, 2.45) is 5.92 Å². The molecule has 2 aliphatic carbocycles. The Labute approximate surface area is 172 Å². The van der Waals surface area contributed by atoms with Crippen LogP contribution in [-0.4, -0.2) is 0 Å². The van der Waals surface area contributed by atoms with Crippen molar-refractivity contribution < 1.29 is 0 Å². The molecule has 0 nitrogen and oxygen atoms in total. The largest absolute Gasteiger partial charge is 0.0986 e. The van der Waals surface area contributed by atoms with Gasteiger partial charge in [0.15, 0.2) is 0 Å². The van der Waals surface area contributed by atoms with Gasteiger partial charge in [-0.25, -0.2) is 0 Å². The second-order valence-electron chi connectivity index (χ2n) is 8.34. The lowest BCUT2D eigenvalue weighted by molar-refractivity contribution is 0.338. The summed E-state index contributed by atoms with van der Waals surface area (Å²) in [6, 6.07) is 24.1.